The molecule has 8 nitrogen and oxygen atoms in total. The normalized spacial score (nSPS) is 13.5. The number of esters is 1. The summed E-state index contributed by atoms with van der Waals surface area (Å²) in [5.41, 5.74) is -0.786. The molecule has 2 atom stereocenters. The minimum atomic E-state index is -0.852. The number of nitrogens with zero attached hydrogens (tertiary/aromatic N) is 1. The van der Waals surface area contributed by atoms with Crippen LogP contribution in [0.2, 0.25) is 0 Å². The van der Waals surface area contributed by atoms with E-state index < -0.39 is 28.6 Å². The Morgan fingerprint density at radius 2 is 1.80 bits per heavy atom. The van der Waals surface area contributed by atoms with Gasteiger partial charge in [-0.15, -0.1) is 0 Å². The van der Waals surface area contributed by atoms with Crippen molar-refractivity contribution >= 4 is 17.7 Å². The topological polar surface area (TPSA) is 108 Å². The van der Waals surface area contributed by atoms with E-state index in [-0.39, 0.29) is 17.4 Å². The minimum absolute atomic E-state index is 0.112. The van der Waals surface area contributed by atoms with Gasteiger partial charge in [0.15, 0.2) is 0 Å². The van der Waals surface area contributed by atoms with Crippen molar-refractivity contribution in [2.24, 2.45) is 5.92 Å². The van der Waals surface area contributed by atoms with E-state index in [2.05, 4.69) is 5.32 Å². The first kappa shape index (κ1) is 20.4. The molecule has 0 heterocycles. The van der Waals surface area contributed by atoms with E-state index in [0.29, 0.717) is 6.42 Å². The van der Waals surface area contributed by atoms with E-state index in [1.807, 2.05) is 13.8 Å². The molecule has 1 aromatic rings. The van der Waals surface area contributed by atoms with Gasteiger partial charge in [0.25, 0.3) is 5.69 Å². The summed E-state index contributed by atoms with van der Waals surface area (Å²) in [6, 6.07) is 4.22. The van der Waals surface area contributed by atoms with E-state index in [1.54, 1.807) is 20.8 Å². The number of benzene rings is 1. The quantitative estimate of drug-likeness (QED) is 0.477. The lowest BCUT2D eigenvalue weighted by molar-refractivity contribution is -0.384. The van der Waals surface area contributed by atoms with Crippen molar-refractivity contribution in [2.45, 2.75) is 52.7 Å². The molecule has 25 heavy (non-hydrogen) atoms. The number of ether oxygens (including phenoxy) is 2. The molecule has 0 saturated carbocycles. The molecule has 1 rings (SSSR count). The Balaban J connectivity index is 2.77. The van der Waals surface area contributed by atoms with Gasteiger partial charge in [0, 0.05) is 12.1 Å². The van der Waals surface area contributed by atoms with Gasteiger partial charge < -0.3 is 14.8 Å². The van der Waals surface area contributed by atoms with Crippen LogP contribution in [0.25, 0.3) is 0 Å². The van der Waals surface area contributed by atoms with Crippen molar-refractivity contribution in [3.05, 3.63) is 34.4 Å². The Kier molecular flexibility index (Phi) is 6.90. The minimum Gasteiger partial charge on any atom is -0.458 e. The van der Waals surface area contributed by atoms with Gasteiger partial charge in [0.2, 0.25) is 0 Å². The van der Waals surface area contributed by atoms with Crippen LogP contribution in [0.15, 0.2) is 24.3 Å². The van der Waals surface area contributed by atoms with Crippen molar-refractivity contribution in [1.29, 1.82) is 0 Å². The van der Waals surface area contributed by atoms with Crippen molar-refractivity contribution in [1.82, 2.24) is 5.32 Å². The van der Waals surface area contributed by atoms with Gasteiger partial charge in [-0.05, 0) is 38.8 Å². The first-order valence-corrected chi connectivity index (χ1v) is 7.99. The van der Waals surface area contributed by atoms with Gasteiger partial charge in [-0.2, -0.15) is 0 Å². The van der Waals surface area contributed by atoms with Crippen LogP contribution >= 0.6 is 0 Å². The molecule has 0 saturated heterocycles. The number of carbonyl (C=O) groups is 2. The molecule has 0 unspecified atom stereocenters. The molecule has 0 aliphatic rings. The number of rotatable bonds is 6. The average Bonchev–Trinajstić information content (AvgIpc) is 2.50. The Bertz CT molecular complexity index is 621. The highest BCUT2D eigenvalue weighted by Gasteiger charge is 2.31. The van der Waals surface area contributed by atoms with E-state index >= 15 is 0 Å². The lowest BCUT2D eigenvalue weighted by Crippen LogP contribution is -2.48. The molecule has 1 aromatic carbocycles. The lowest BCUT2D eigenvalue weighted by Gasteiger charge is -2.27. The first-order chi connectivity index (χ1) is 11.5. The van der Waals surface area contributed by atoms with Crippen molar-refractivity contribution in [2.75, 3.05) is 0 Å². The zero-order valence-electron chi connectivity index (χ0n) is 15.1. The molecule has 0 aromatic heterocycles. The molecule has 1 amide bonds. The van der Waals surface area contributed by atoms with Crippen molar-refractivity contribution in [3.8, 4) is 5.75 Å². The number of nitrogens with one attached hydrogen (secondary N) is 1. The summed E-state index contributed by atoms with van der Waals surface area (Å²) in [5.74, 6) is -0.558. The Hall–Kier alpha value is -2.64. The van der Waals surface area contributed by atoms with Crippen LogP contribution < -0.4 is 10.1 Å². The SMILES string of the molecule is CC[C@@H](C)[C@H](NC(=O)Oc1ccc([N+](=O)[O-])cc1)C(=O)OC(C)(C)C. The maximum atomic E-state index is 12.3. The van der Waals surface area contributed by atoms with Crippen molar-refractivity contribution in [3.63, 3.8) is 0 Å². The third-order valence-corrected chi connectivity index (χ3v) is 3.41. The number of nitro groups is 1. The third-order valence-electron chi connectivity index (χ3n) is 3.41. The van der Waals surface area contributed by atoms with E-state index in [0.717, 1.165) is 0 Å². The van der Waals surface area contributed by atoms with Crippen LogP contribution in [0, 0.1) is 16.0 Å². The highest BCUT2D eigenvalue weighted by Crippen LogP contribution is 2.18. The van der Waals surface area contributed by atoms with Crippen LogP contribution in [0.3, 0.4) is 0 Å². The van der Waals surface area contributed by atoms with Crippen LogP contribution in [0.4, 0.5) is 10.5 Å². The molecule has 0 radical (unpaired) electrons. The highest BCUT2D eigenvalue weighted by molar-refractivity contribution is 5.82. The second-order valence-corrected chi connectivity index (χ2v) is 6.68. The first-order valence-electron chi connectivity index (χ1n) is 7.99. The van der Waals surface area contributed by atoms with Crippen LogP contribution in [-0.2, 0) is 9.53 Å². The molecular weight excluding hydrogens is 328 g/mol. The summed E-state index contributed by atoms with van der Waals surface area (Å²) >= 11 is 0. The second kappa shape index (κ2) is 8.46. The molecule has 0 spiro atoms. The highest BCUT2D eigenvalue weighted by atomic mass is 16.6. The summed E-state index contributed by atoms with van der Waals surface area (Å²) in [6.45, 7) is 8.95. The van der Waals surface area contributed by atoms with E-state index in [4.69, 9.17) is 9.47 Å². The fraction of sp³-hybridized carbons (Fsp3) is 0.529. The Labute approximate surface area is 146 Å². The summed E-state index contributed by atoms with van der Waals surface area (Å²) in [4.78, 5) is 34.4. The third kappa shape index (κ3) is 6.78. The maximum Gasteiger partial charge on any atom is 0.413 e. The fourth-order valence-corrected chi connectivity index (χ4v) is 1.93. The number of non-ortho nitro benzene ring substituents is 1. The fourth-order valence-electron chi connectivity index (χ4n) is 1.93. The monoisotopic (exact) mass is 352 g/mol. The van der Waals surface area contributed by atoms with Gasteiger partial charge >= 0.3 is 12.1 Å². The molecule has 0 aliphatic heterocycles. The molecule has 0 aliphatic carbocycles. The smallest absolute Gasteiger partial charge is 0.413 e. The molecule has 138 valence electrons. The van der Waals surface area contributed by atoms with Crippen LogP contribution in [0.5, 0.6) is 5.75 Å². The average molecular weight is 352 g/mol. The molecule has 1 N–H and O–H groups in total. The van der Waals surface area contributed by atoms with Gasteiger partial charge in [-0.3, -0.25) is 10.1 Å². The van der Waals surface area contributed by atoms with E-state index in [9.17, 15) is 19.7 Å². The summed E-state index contributed by atoms with van der Waals surface area (Å²) in [6.07, 6.45) is -0.174. The number of hydrogen-bond acceptors (Lipinski definition) is 6. The second-order valence-electron chi connectivity index (χ2n) is 6.68. The molecule has 8 heteroatoms. The van der Waals surface area contributed by atoms with Crippen LogP contribution in [-0.4, -0.2) is 28.6 Å². The van der Waals surface area contributed by atoms with Gasteiger partial charge in [0.1, 0.15) is 17.4 Å². The summed E-state index contributed by atoms with van der Waals surface area (Å²) in [5, 5.41) is 13.1. The summed E-state index contributed by atoms with van der Waals surface area (Å²) < 4.78 is 10.4. The van der Waals surface area contributed by atoms with Crippen molar-refractivity contribution < 1.29 is 24.0 Å². The van der Waals surface area contributed by atoms with Gasteiger partial charge in [-0.25, -0.2) is 9.59 Å². The Morgan fingerprint density at radius 3 is 2.24 bits per heavy atom. The largest absolute Gasteiger partial charge is 0.458 e. The van der Waals surface area contributed by atoms with E-state index in [1.165, 1.54) is 24.3 Å². The van der Waals surface area contributed by atoms with Crippen LogP contribution in [0.1, 0.15) is 41.0 Å². The predicted octanol–water partition coefficient (Wildman–Crippen LogP) is 3.44. The zero-order valence-corrected chi connectivity index (χ0v) is 15.1. The molecule has 0 bridgehead atoms. The number of nitro benzene ring substituents is 1. The lowest BCUT2D eigenvalue weighted by atomic mass is 9.99. The molecule has 0 fully saturated rings. The standard InChI is InChI=1S/C17H24N2O6/c1-6-11(2)14(15(20)25-17(3,4)5)18-16(21)24-13-9-7-12(8-10-13)19(22)23/h7-11,14H,6H2,1-5H3,(H,18,21)/t11-,14+/m1/s1. The van der Waals surface area contributed by atoms with Gasteiger partial charge in [-0.1, -0.05) is 20.3 Å². The predicted molar refractivity (Wildman–Crippen MR) is 91.3 cm³/mol. The number of carbonyl (C=O) groups excluding carboxylic acids is 2. The maximum absolute atomic E-state index is 12.3. The Morgan fingerprint density at radius 1 is 1.24 bits per heavy atom. The molecular formula is C17H24N2O6. The summed E-state index contributed by atoms with van der Waals surface area (Å²) in [7, 11) is 0. The number of hydrogen-bond donors (Lipinski definition) is 1. The van der Waals surface area contributed by atoms with Gasteiger partial charge in [0.05, 0.1) is 4.92 Å². The number of amides is 1. The zero-order chi connectivity index (χ0) is 19.2.